The van der Waals surface area contributed by atoms with Crippen molar-refractivity contribution in [1.82, 2.24) is 9.58 Å². The van der Waals surface area contributed by atoms with Crippen LogP contribution in [0.2, 0.25) is 0 Å². The molecule has 0 bridgehead atoms. The summed E-state index contributed by atoms with van der Waals surface area (Å²) in [6.07, 6.45) is -4.46. The normalized spacial score (nSPS) is 23.9. The Kier molecular flexibility index (Phi) is 4.74. The molecular formula is C20H19F4N3O3. The average molecular weight is 425 g/mol. The van der Waals surface area contributed by atoms with Gasteiger partial charge in [0, 0.05) is 25.7 Å². The van der Waals surface area contributed by atoms with Crippen LogP contribution in [0.4, 0.5) is 17.6 Å². The van der Waals surface area contributed by atoms with Crippen molar-refractivity contribution < 1.29 is 27.5 Å². The summed E-state index contributed by atoms with van der Waals surface area (Å²) in [7, 11) is 1.47. The fourth-order valence-corrected chi connectivity index (χ4v) is 4.54. The molecule has 1 saturated heterocycles. The van der Waals surface area contributed by atoms with Gasteiger partial charge in [0.15, 0.2) is 11.4 Å². The van der Waals surface area contributed by atoms with Gasteiger partial charge in [0.1, 0.15) is 12.0 Å². The SMILES string of the molecule is CN1C(=O)c2c(O)c(=O)ccn2N2C(c3cccc(F)c3)C(CC(F)(F)F)CCC12. The maximum absolute atomic E-state index is 14.0. The molecule has 0 spiro atoms. The second kappa shape index (κ2) is 7.03. The maximum atomic E-state index is 14.0. The summed E-state index contributed by atoms with van der Waals surface area (Å²) in [5, 5.41) is 11.8. The van der Waals surface area contributed by atoms with Gasteiger partial charge in [0.25, 0.3) is 5.91 Å². The first-order chi connectivity index (χ1) is 14.1. The number of carbonyl (C=O) groups excluding carboxylic acids is 1. The summed E-state index contributed by atoms with van der Waals surface area (Å²) < 4.78 is 55.2. The number of halogens is 4. The number of hydrogen-bond donors (Lipinski definition) is 1. The summed E-state index contributed by atoms with van der Waals surface area (Å²) >= 11 is 0. The molecule has 3 heterocycles. The number of fused-ring (bicyclic) bond motifs is 3. The van der Waals surface area contributed by atoms with Gasteiger partial charge in [-0.2, -0.15) is 13.2 Å². The predicted molar refractivity (Wildman–Crippen MR) is 99.0 cm³/mol. The summed E-state index contributed by atoms with van der Waals surface area (Å²) in [5.74, 6) is -2.90. The molecule has 0 aliphatic carbocycles. The minimum Gasteiger partial charge on any atom is -0.502 e. The second-order valence-electron chi connectivity index (χ2n) is 7.66. The van der Waals surface area contributed by atoms with Gasteiger partial charge in [-0.1, -0.05) is 12.1 Å². The third-order valence-electron chi connectivity index (χ3n) is 5.79. The summed E-state index contributed by atoms with van der Waals surface area (Å²) in [5.41, 5.74) is -0.774. The molecule has 2 aliphatic rings. The van der Waals surface area contributed by atoms with Crippen LogP contribution in [-0.2, 0) is 0 Å². The van der Waals surface area contributed by atoms with E-state index in [4.69, 9.17) is 0 Å². The Hall–Kier alpha value is -3.04. The Bertz CT molecular complexity index is 1050. The smallest absolute Gasteiger partial charge is 0.389 e. The average Bonchev–Trinajstić information content (AvgIpc) is 2.66. The Morgan fingerprint density at radius 3 is 2.57 bits per heavy atom. The van der Waals surface area contributed by atoms with Gasteiger partial charge in [-0.3, -0.25) is 19.3 Å². The van der Waals surface area contributed by atoms with E-state index in [0.29, 0.717) is 5.56 Å². The van der Waals surface area contributed by atoms with Gasteiger partial charge in [-0.05, 0) is 36.5 Å². The first kappa shape index (κ1) is 20.2. The molecule has 2 aliphatic heterocycles. The number of benzene rings is 1. The minimum absolute atomic E-state index is 0.168. The number of hydrogen-bond acceptors (Lipinski definition) is 4. The van der Waals surface area contributed by atoms with E-state index in [2.05, 4.69) is 0 Å². The maximum Gasteiger partial charge on any atom is 0.389 e. The van der Waals surface area contributed by atoms with E-state index in [9.17, 15) is 32.3 Å². The molecule has 1 N–H and O–H groups in total. The lowest BCUT2D eigenvalue weighted by molar-refractivity contribution is -0.149. The van der Waals surface area contributed by atoms with Crippen LogP contribution in [0.5, 0.6) is 5.75 Å². The van der Waals surface area contributed by atoms with Crippen LogP contribution in [0.1, 0.15) is 41.4 Å². The number of alkyl halides is 3. The minimum atomic E-state index is -4.44. The van der Waals surface area contributed by atoms with Gasteiger partial charge in [-0.15, -0.1) is 0 Å². The molecule has 3 unspecified atom stereocenters. The van der Waals surface area contributed by atoms with Crippen LogP contribution in [0, 0.1) is 11.7 Å². The number of rotatable bonds is 2. The topological polar surface area (TPSA) is 65.8 Å². The fourth-order valence-electron chi connectivity index (χ4n) is 4.54. The summed E-state index contributed by atoms with van der Waals surface area (Å²) in [6.45, 7) is 0. The van der Waals surface area contributed by atoms with Crippen molar-refractivity contribution in [2.45, 2.75) is 37.6 Å². The van der Waals surface area contributed by atoms with E-state index < -0.39 is 53.6 Å². The van der Waals surface area contributed by atoms with Crippen molar-refractivity contribution in [1.29, 1.82) is 0 Å². The number of aromatic hydroxyl groups is 1. The van der Waals surface area contributed by atoms with Gasteiger partial charge >= 0.3 is 6.18 Å². The van der Waals surface area contributed by atoms with Crippen molar-refractivity contribution in [3.05, 3.63) is 63.8 Å². The lowest BCUT2D eigenvalue weighted by Gasteiger charge is -2.54. The van der Waals surface area contributed by atoms with Crippen molar-refractivity contribution in [2.75, 3.05) is 12.1 Å². The molecule has 160 valence electrons. The van der Waals surface area contributed by atoms with E-state index in [0.717, 1.165) is 6.07 Å². The number of amides is 1. The molecule has 30 heavy (non-hydrogen) atoms. The number of carbonyl (C=O) groups is 1. The largest absolute Gasteiger partial charge is 0.502 e. The Morgan fingerprint density at radius 1 is 1.17 bits per heavy atom. The molecule has 1 aromatic carbocycles. The molecule has 1 amide bonds. The summed E-state index contributed by atoms with van der Waals surface area (Å²) in [6, 6.07) is 5.45. The zero-order valence-electron chi connectivity index (χ0n) is 15.9. The van der Waals surface area contributed by atoms with E-state index in [-0.39, 0.29) is 18.5 Å². The lowest BCUT2D eigenvalue weighted by atomic mass is 9.81. The van der Waals surface area contributed by atoms with E-state index in [1.165, 1.54) is 52.1 Å². The fraction of sp³-hybridized carbons (Fsp3) is 0.400. The van der Waals surface area contributed by atoms with Crippen molar-refractivity contribution >= 4 is 5.91 Å². The molecule has 2 aromatic rings. The van der Waals surface area contributed by atoms with Crippen molar-refractivity contribution in [3.63, 3.8) is 0 Å². The quantitative estimate of drug-likeness (QED) is 0.751. The highest BCUT2D eigenvalue weighted by molar-refractivity contribution is 5.96. The number of nitrogens with zero attached hydrogens (tertiary/aromatic N) is 3. The lowest BCUT2D eigenvalue weighted by Crippen LogP contribution is -2.64. The first-order valence-corrected chi connectivity index (χ1v) is 9.41. The van der Waals surface area contributed by atoms with E-state index in [1.54, 1.807) is 0 Å². The summed E-state index contributed by atoms with van der Waals surface area (Å²) in [4.78, 5) is 26.0. The molecule has 0 radical (unpaired) electrons. The van der Waals surface area contributed by atoms with Gasteiger partial charge in [0.05, 0.1) is 6.04 Å². The zero-order valence-corrected chi connectivity index (χ0v) is 15.9. The van der Waals surface area contributed by atoms with Crippen molar-refractivity contribution in [2.24, 2.45) is 5.92 Å². The molecular weight excluding hydrogens is 406 g/mol. The van der Waals surface area contributed by atoms with E-state index >= 15 is 0 Å². The van der Waals surface area contributed by atoms with Gasteiger partial charge in [0.2, 0.25) is 5.43 Å². The molecule has 1 fully saturated rings. The molecule has 1 aromatic heterocycles. The van der Waals surface area contributed by atoms with Crippen LogP contribution >= 0.6 is 0 Å². The number of aromatic nitrogens is 1. The van der Waals surface area contributed by atoms with Crippen LogP contribution < -0.4 is 10.4 Å². The molecule has 4 rings (SSSR count). The predicted octanol–water partition coefficient (Wildman–Crippen LogP) is 3.15. The van der Waals surface area contributed by atoms with Gasteiger partial charge in [-0.25, -0.2) is 4.39 Å². The number of pyridine rings is 1. The monoisotopic (exact) mass is 425 g/mol. The third-order valence-corrected chi connectivity index (χ3v) is 5.79. The first-order valence-electron chi connectivity index (χ1n) is 9.41. The number of piperidine rings is 1. The van der Waals surface area contributed by atoms with Crippen LogP contribution in [0.15, 0.2) is 41.3 Å². The standard InChI is InChI=1S/C20H19F4N3O3/c1-25-15-6-5-12(10-20(22,23)24)16(11-3-2-4-13(21)9-11)27(15)26-8-7-14(28)18(29)17(26)19(25)30/h2-4,7-9,12,15-16,29H,5-6,10H2,1H3. The molecule has 0 saturated carbocycles. The Labute approximate surface area is 168 Å². The second-order valence-corrected chi connectivity index (χ2v) is 7.66. The Balaban J connectivity index is 1.93. The van der Waals surface area contributed by atoms with Gasteiger partial charge < -0.3 is 10.0 Å². The van der Waals surface area contributed by atoms with Crippen LogP contribution in [-0.4, -0.2) is 40.0 Å². The zero-order chi connectivity index (χ0) is 21.8. The molecule has 3 atom stereocenters. The van der Waals surface area contributed by atoms with Crippen LogP contribution in [0.3, 0.4) is 0 Å². The highest BCUT2D eigenvalue weighted by Crippen LogP contribution is 2.45. The highest BCUT2D eigenvalue weighted by atomic mass is 19.4. The highest BCUT2D eigenvalue weighted by Gasteiger charge is 2.49. The van der Waals surface area contributed by atoms with E-state index in [1.807, 2.05) is 0 Å². The molecule has 6 nitrogen and oxygen atoms in total. The Morgan fingerprint density at radius 2 is 1.90 bits per heavy atom. The third kappa shape index (κ3) is 3.29. The molecule has 10 heteroatoms. The van der Waals surface area contributed by atoms with Crippen LogP contribution in [0.25, 0.3) is 0 Å². The van der Waals surface area contributed by atoms with Crippen molar-refractivity contribution in [3.8, 4) is 5.75 Å².